The molecule has 0 aliphatic carbocycles. The van der Waals surface area contributed by atoms with Gasteiger partial charge in [0.05, 0.1) is 11.0 Å². The van der Waals surface area contributed by atoms with Crippen LogP contribution in [0.3, 0.4) is 0 Å². The number of carbonyl (C=O) groups excluding carboxylic acids is 1. The van der Waals surface area contributed by atoms with Crippen LogP contribution in [-0.4, -0.2) is 46.1 Å². The third-order valence-corrected chi connectivity index (χ3v) is 5.13. The van der Waals surface area contributed by atoms with Crippen molar-refractivity contribution in [2.45, 2.75) is 40.3 Å². The van der Waals surface area contributed by atoms with Crippen LogP contribution in [0.5, 0.6) is 5.75 Å². The average molecular weight is 395 g/mol. The molecule has 0 fully saturated rings. The number of likely N-dealkylation sites (N-methyl/N-ethyl adjacent to an activating group) is 1. The second-order valence-electron chi connectivity index (χ2n) is 7.17. The maximum Gasteiger partial charge on any atom is 0.267 e. The van der Waals surface area contributed by atoms with Gasteiger partial charge in [0.15, 0.2) is 6.10 Å². The standard InChI is InChI=1S/C23H30N4O2/c1-5-26(6-2)15-16-27-21-10-8-7-9-20(21)24-23(27)25-22(28)18(4)29-19-13-11-17(3)12-14-19/h7-14,18H,5-6,15-16H2,1-4H3,(H,24,25,28)/t18-/m0/s1. The fraction of sp³-hybridized carbons (Fsp3) is 0.391. The lowest BCUT2D eigenvalue weighted by Crippen LogP contribution is -2.32. The molecule has 29 heavy (non-hydrogen) atoms. The first-order valence-corrected chi connectivity index (χ1v) is 10.2. The van der Waals surface area contributed by atoms with Gasteiger partial charge in [-0.1, -0.05) is 43.7 Å². The number of nitrogens with zero attached hydrogens (tertiary/aromatic N) is 3. The highest BCUT2D eigenvalue weighted by atomic mass is 16.5. The van der Waals surface area contributed by atoms with Crippen molar-refractivity contribution in [1.29, 1.82) is 0 Å². The van der Waals surface area contributed by atoms with Gasteiger partial charge in [0.2, 0.25) is 5.95 Å². The van der Waals surface area contributed by atoms with E-state index in [1.807, 2.05) is 55.5 Å². The predicted molar refractivity (Wildman–Crippen MR) is 117 cm³/mol. The fourth-order valence-electron chi connectivity index (χ4n) is 3.26. The van der Waals surface area contributed by atoms with Crippen molar-refractivity contribution >= 4 is 22.9 Å². The number of anilines is 1. The molecule has 1 amide bonds. The van der Waals surface area contributed by atoms with Crippen LogP contribution in [-0.2, 0) is 11.3 Å². The van der Waals surface area contributed by atoms with Crippen molar-refractivity contribution in [3.05, 3.63) is 54.1 Å². The topological polar surface area (TPSA) is 59.4 Å². The van der Waals surface area contributed by atoms with Gasteiger partial charge in [-0.25, -0.2) is 4.98 Å². The summed E-state index contributed by atoms with van der Waals surface area (Å²) >= 11 is 0. The van der Waals surface area contributed by atoms with Gasteiger partial charge >= 0.3 is 0 Å². The first kappa shape index (κ1) is 20.9. The molecule has 0 aliphatic rings. The van der Waals surface area contributed by atoms with Crippen molar-refractivity contribution < 1.29 is 9.53 Å². The largest absolute Gasteiger partial charge is 0.481 e. The van der Waals surface area contributed by atoms with E-state index in [9.17, 15) is 4.79 Å². The van der Waals surface area contributed by atoms with E-state index in [-0.39, 0.29) is 5.91 Å². The molecule has 3 aromatic rings. The molecule has 0 unspecified atom stereocenters. The number of para-hydroxylation sites is 2. The third-order valence-electron chi connectivity index (χ3n) is 5.13. The van der Waals surface area contributed by atoms with Gasteiger partial charge in [0.1, 0.15) is 5.75 Å². The number of hydrogen-bond donors (Lipinski definition) is 1. The first-order valence-electron chi connectivity index (χ1n) is 10.2. The summed E-state index contributed by atoms with van der Waals surface area (Å²) in [5, 5.41) is 2.96. The molecule has 2 aromatic carbocycles. The normalized spacial score (nSPS) is 12.3. The van der Waals surface area contributed by atoms with E-state index in [0.29, 0.717) is 11.7 Å². The maximum absolute atomic E-state index is 12.8. The summed E-state index contributed by atoms with van der Waals surface area (Å²) in [5.74, 6) is 1.01. The molecule has 0 aliphatic heterocycles. The average Bonchev–Trinajstić information content (AvgIpc) is 3.07. The number of aryl methyl sites for hydroxylation is 1. The molecule has 0 radical (unpaired) electrons. The molecule has 1 N–H and O–H groups in total. The second-order valence-corrected chi connectivity index (χ2v) is 7.17. The highest BCUT2D eigenvalue weighted by Crippen LogP contribution is 2.20. The molecule has 0 spiro atoms. The smallest absolute Gasteiger partial charge is 0.267 e. The monoisotopic (exact) mass is 394 g/mol. The van der Waals surface area contributed by atoms with E-state index in [4.69, 9.17) is 4.74 Å². The minimum Gasteiger partial charge on any atom is -0.481 e. The number of hydrogen-bond acceptors (Lipinski definition) is 4. The molecule has 1 atom stereocenters. The number of amides is 1. The highest BCUT2D eigenvalue weighted by molar-refractivity contribution is 5.94. The zero-order valence-electron chi connectivity index (χ0n) is 17.7. The van der Waals surface area contributed by atoms with E-state index in [1.165, 1.54) is 0 Å². The zero-order valence-corrected chi connectivity index (χ0v) is 17.7. The number of nitrogens with one attached hydrogen (secondary N) is 1. The van der Waals surface area contributed by atoms with Crippen LogP contribution in [0.25, 0.3) is 11.0 Å². The molecular formula is C23H30N4O2. The molecular weight excluding hydrogens is 364 g/mol. The number of imidazole rings is 1. The Labute approximate surface area is 172 Å². The summed E-state index contributed by atoms with van der Waals surface area (Å²) < 4.78 is 7.87. The number of ether oxygens (including phenoxy) is 1. The van der Waals surface area contributed by atoms with E-state index in [0.717, 1.165) is 42.8 Å². The summed E-state index contributed by atoms with van der Waals surface area (Å²) in [6.45, 7) is 11.7. The Kier molecular flexibility index (Phi) is 6.88. The molecule has 6 nitrogen and oxygen atoms in total. The maximum atomic E-state index is 12.8. The molecule has 154 valence electrons. The Morgan fingerprint density at radius 2 is 1.83 bits per heavy atom. The Morgan fingerprint density at radius 3 is 2.52 bits per heavy atom. The minimum absolute atomic E-state index is 0.218. The summed E-state index contributed by atoms with van der Waals surface area (Å²) in [7, 11) is 0. The predicted octanol–water partition coefficient (Wildman–Crippen LogP) is 4.09. The SMILES string of the molecule is CCN(CC)CCn1c(NC(=O)[C@H](C)Oc2ccc(C)cc2)nc2ccccc21. The van der Waals surface area contributed by atoms with Gasteiger partial charge in [-0.15, -0.1) is 0 Å². The van der Waals surface area contributed by atoms with Crippen LogP contribution in [0.15, 0.2) is 48.5 Å². The summed E-state index contributed by atoms with van der Waals surface area (Å²) in [4.78, 5) is 19.8. The van der Waals surface area contributed by atoms with Crippen molar-refractivity contribution in [2.24, 2.45) is 0 Å². The van der Waals surface area contributed by atoms with Gasteiger partial charge in [0.25, 0.3) is 5.91 Å². The Bertz CT molecular complexity index is 945. The number of carbonyl (C=O) groups is 1. The highest BCUT2D eigenvalue weighted by Gasteiger charge is 2.19. The molecule has 6 heteroatoms. The summed E-state index contributed by atoms with van der Waals surface area (Å²) in [6.07, 6.45) is -0.631. The molecule has 1 aromatic heterocycles. The van der Waals surface area contributed by atoms with Crippen molar-refractivity contribution in [3.8, 4) is 5.75 Å². The lowest BCUT2D eigenvalue weighted by Gasteiger charge is -2.20. The van der Waals surface area contributed by atoms with Gasteiger partial charge in [-0.2, -0.15) is 0 Å². The van der Waals surface area contributed by atoms with Crippen LogP contribution >= 0.6 is 0 Å². The minimum atomic E-state index is -0.631. The number of fused-ring (bicyclic) bond motifs is 1. The Balaban J connectivity index is 1.76. The lowest BCUT2D eigenvalue weighted by atomic mass is 10.2. The first-order chi connectivity index (χ1) is 14.0. The van der Waals surface area contributed by atoms with Crippen LogP contribution < -0.4 is 10.1 Å². The Hall–Kier alpha value is -2.86. The van der Waals surface area contributed by atoms with Gasteiger partial charge < -0.3 is 14.2 Å². The van der Waals surface area contributed by atoms with Crippen molar-refractivity contribution in [3.63, 3.8) is 0 Å². The van der Waals surface area contributed by atoms with E-state index < -0.39 is 6.10 Å². The van der Waals surface area contributed by atoms with Crippen LogP contribution in [0.2, 0.25) is 0 Å². The van der Waals surface area contributed by atoms with E-state index in [2.05, 4.69) is 33.6 Å². The van der Waals surface area contributed by atoms with Gasteiger partial charge in [-0.05, 0) is 51.2 Å². The zero-order chi connectivity index (χ0) is 20.8. The van der Waals surface area contributed by atoms with Crippen molar-refractivity contribution in [2.75, 3.05) is 25.0 Å². The van der Waals surface area contributed by atoms with Crippen LogP contribution in [0.1, 0.15) is 26.3 Å². The fourth-order valence-corrected chi connectivity index (χ4v) is 3.26. The second kappa shape index (κ2) is 9.56. The molecule has 3 rings (SSSR count). The number of aromatic nitrogens is 2. The lowest BCUT2D eigenvalue weighted by molar-refractivity contribution is -0.122. The van der Waals surface area contributed by atoms with Crippen LogP contribution in [0.4, 0.5) is 5.95 Å². The van der Waals surface area contributed by atoms with Crippen LogP contribution in [0, 0.1) is 6.92 Å². The van der Waals surface area contributed by atoms with E-state index >= 15 is 0 Å². The third kappa shape index (κ3) is 5.15. The van der Waals surface area contributed by atoms with Gasteiger partial charge in [0, 0.05) is 13.1 Å². The number of rotatable bonds is 9. The summed E-state index contributed by atoms with van der Waals surface area (Å²) in [6, 6.07) is 15.6. The molecule has 0 bridgehead atoms. The molecule has 0 saturated heterocycles. The van der Waals surface area contributed by atoms with E-state index in [1.54, 1.807) is 6.92 Å². The molecule has 0 saturated carbocycles. The Morgan fingerprint density at radius 1 is 1.14 bits per heavy atom. The van der Waals surface area contributed by atoms with Crippen molar-refractivity contribution in [1.82, 2.24) is 14.5 Å². The van der Waals surface area contributed by atoms with Gasteiger partial charge in [-0.3, -0.25) is 10.1 Å². The quantitative estimate of drug-likeness (QED) is 0.594. The number of benzene rings is 2. The molecule has 1 heterocycles. The summed E-state index contributed by atoms with van der Waals surface area (Å²) in [5.41, 5.74) is 3.04.